The van der Waals surface area contributed by atoms with E-state index in [0.717, 1.165) is 0 Å². The number of aromatic nitrogens is 2. The normalized spacial score (nSPS) is 12.6. The SMILES string of the molecule is CCOC(=O)[C@H](C)NC(=O)c1ccc2ccc3ccc(C(=O)N[C@@H](C)C(=O)OCC)nc3c2n1. The first-order valence-corrected chi connectivity index (χ1v) is 10.9. The Kier molecular flexibility index (Phi) is 7.72. The molecule has 0 fully saturated rings. The number of nitrogens with one attached hydrogen (secondary N) is 2. The maximum Gasteiger partial charge on any atom is 0.328 e. The molecular weight excluding hydrogens is 440 g/mol. The Balaban J connectivity index is 1.92. The Morgan fingerprint density at radius 3 is 1.41 bits per heavy atom. The van der Waals surface area contributed by atoms with Crippen LogP contribution in [-0.4, -0.2) is 59.0 Å². The van der Waals surface area contributed by atoms with Crippen molar-refractivity contribution in [1.82, 2.24) is 20.6 Å². The summed E-state index contributed by atoms with van der Waals surface area (Å²) in [6, 6.07) is 8.49. The smallest absolute Gasteiger partial charge is 0.328 e. The molecule has 2 heterocycles. The Hall–Kier alpha value is -4.08. The van der Waals surface area contributed by atoms with Gasteiger partial charge in [-0.15, -0.1) is 0 Å². The van der Waals surface area contributed by atoms with E-state index >= 15 is 0 Å². The Labute approximate surface area is 196 Å². The molecule has 1 aromatic carbocycles. The van der Waals surface area contributed by atoms with E-state index < -0.39 is 35.8 Å². The molecule has 0 aliphatic carbocycles. The minimum absolute atomic E-state index is 0.0868. The van der Waals surface area contributed by atoms with Crippen LogP contribution in [0.3, 0.4) is 0 Å². The van der Waals surface area contributed by atoms with Crippen molar-refractivity contribution in [2.45, 2.75) is 39.8 Å². The van der Waals surface area contributed by atoms with Gasteiger partial charge in [0.2, 0.25) is 0 Å². The van der Waals surface area contributed by atoms with Gasteiger partial charge in [-0.1, -0.05) is 24.3 Å². The first-order chi connectivity index (χ1) is 16.2. The molecule has 178 valence electrons. The van der Waals surface area contributed by atoms with Crippen molar-refractivity contribution in [3.8, 4) is 0 Å². The fourth-order valence-electron chi connectivity index (χ4n) is 3.21. The van der Waals surface area contributed by atoms with Crippen LogP contribution in [0, 0.1) is 0 Å². The van der Waals surface area contributed by atoms with Crippen molar-refractivity contribution < 1.29 is 28.7 Å². The number of benzene rings is 1. The van der Waals surface area contributed by atoms with Gasteiger partial charge in [0.15, 0.2) is 0 Å². The number of carbonyl (C=O) groups excluding carboxylic acids is 4. The zero-order valence-electron chi connectivity index (χ0n) is 19.4. The van der Waals surface area contributed by atoms with Gasteiger partial charge in [0, 0.05) is 10.8 Å². The Morgan fingerprint density at radius 2 is 1.06 bits per heavy atom. The second kappa shape index (κ2) is 10.7. The molecule has 10 heteroatoms. The van der Waals surface area contributed by atoms with Crippen molar-refractivity contribution in [1.29, 1.82) is 0 Å². The first kappa shape index (κ1) is 24.6. The number of pyridine rings is 2. The lowest BCUT2D eigenvalue weighted by Crippen LogP contribution is -2.40. The number of hydrogen-bond acceptors (Lipinski definition) is 8. The van der Waals surface area contributed by atoms with Gasteiger partial charge < -0.3 is 20.1 Å². The maximum absolute atomic E-state index is 12.6. The summed E-state index contributed by atoms with van der Waals surface area (Å²) in [4.78, 5) is 57.8. The van der Waals surface area contributed by atoms with E-state index in [0.29, 0.717) is 21.8 Å². The first-order valence-electron chi connectivity index (χ1n) is 10.9. The second-order valence-corrected chi connectivity index (χ2v) is 7.50. The summed E-state index contributed by atoms with van der Waals surface area (Å²) >= 11 is 0. The molecule has 3 rings (SSSR count). The number of nitrogens with zero attached hydrogens (tertiary/aromatic N) is 2. The topological polar surface area (TPSA) is 137 Å². The van der Waals surface area contributed by atoms with Crippen LogP contribution in [0.15, 0.2) is 36.4 Å². The van der Waals surface area contributed by atoms with E-state index in [-0.39, 0.29) is 24.6 Å². The fourth-order valence-corrected chi connectivity index (χ4v) is 3.21. The van der Waals surface area contributed by atoms with Gasteiger partial charge in [0.1, 0.15) is 23.5 Å². The molecule has 34 heavy (non-hydrogen) atoms. The van der Waals surface area contributed by atoms with Gasteiger partial charge in [-0.25, -0.2) is 19.6 Å². The number of amides is 2. The van der Waals surface area contributed by atoms with Crippen molar-refractivity contribution >= 4 is 45.6 Å². The van der Waals surface area contributed by atoms with Crippen LogP contribution in [0.25, 0.3) is 21.8 Å². The number of ether oxygens (including phenoxy) is 2. The van der Waals surface area contributed by atoms with Gasteiger partial charge in [-0.3, -0.25) is 9.59 Å². The minimum atomic E-state index is -0.840. The van der Waals surface area contributed by atoms with Crippen molar-refractivity contribution in [2.75, 3.05) is 13.2 Å². The molecule has 0 radical (unpaired) electrons. The van der Waals surface area contributed by atoms with Crippen molar-refractivity contribution in [2.24, 2.45) is 0 Å². The molecule has 0 aliphatic heterocycles. The summed E-state index contributed by atoms with van der Waals surface area (Å²) in [6.07, 6.45) is 0. The number of esters is 2. The predicted octanol–water partition coefficient (Wildman–Crippen LogP) is 2.15. The van der Waals surface area contributed by atoms with Gasteiger partial charge >= 0.3 is 11.9 Å². The van der Waals surface area contributed by atoms with E-state index in [1.165, 1.54) is 13.8 Å². The summed E-state index contributed by atoms with van der Waals surface area (Å²) < 4.78 is 9.82. The van der Waals surface area contributed by atoms with Crippen LogP contribution in [0.1, 0.15) is 48.7 Å². The molecule has 2 amide bonds. The molecule has 10 nitrogen and oxygen atoms in total. The summed E-state index contributed by atoms with van der Waals surface area (Å²) in [5.74, 6) is -2.18. The number of fused-ring (bicyclic) bond motifs is 3. The summed E-state index contributed by atoms with van der Waals surface area (Å²) in [5, 5.41) is 6.55. The zero-order valence-corrected chi connectivity index (χ0v) is 19.4. The molecule has 0 bridgehead atoms. The molecule has 2 N–H and O–H groups in total. The molecule has 2 atom stereocenters. The molecule has 0 saturated carbocycles. The van der Waals surface area contributed by atoms with E-state index in [4.69, 9.17) is 9.47 Å². The van der Waals surface area contributed by atoms with E-state index in [2.05, 4.69) is 20.6 Å². The Bertz CT molecular complexity index is 1160. The van der Waals surface area contributed by atoms with Gasteiger partial charge in [-0.2, -0.15) is 0 Å². The standard InChI is InChI=1S/C24H26N4O6/c1-5-33-23(31)13(3)25-21(29)17-11-9-15-7-8-16-10-12-18(28-20(16)19(15)27-17)22(30)26-14(4)24(32)34-6-2/h7-14H,5-6H2,1-4H3,(H,25,29)(H,26,30)/t13-,14-/m0/s1. The summed E-state index contributed by atoms with van der Waals surface area (Å²) in [6.45, 7) is 6.83. The molecule has 0 spiro atoms. The van der Waals surface area contributed by atoms with Gasteiger partial charge in [0.25, 0.3) is 11.8 Å². The van der Waals surface area contributed by atoms with Crippen molar-refractivity contribution in [3.63, 3.8) is 0 Å². The third-order valence-electron chi connectivity index (χ3n) is 4.96. The zero-order chi connectivity index (χ0) is 24.8. The van der Waals surface area contributed by atoms with Gasteiger partial charge in [-0.05, 0) is 39.8 Å². The van der Waals surface area contributed by atoms with Crippen molar-refractivity contribution in [3.05, 3.63) is 47.8 Å². The highest BCUT2D eigenvalue weighted by Gasteiger charge is 2.20. The summed E-state index contributed by atoms with van der Waals surface area (Å²) in [7, 11) is 0. The van der Waals surface area contributed by atoms with Crippen LogP contribution in [0.4, 0.5) is 0 Å². The highest BCUT2D eigenvalue weighted by atomic mass is 16.5. The van der Waals surface area contributed by atoms with Crippen LogP contribution in [-0.2, 0) is 19.1 Å². The third-order valence-corrected chi connectivity index (χ3v) is 4.96. The van der Waals surface area contributed by atoms with Crippen LogP contribution in [0.5, 0.6) is 0 Å². The van der Waals surface area contributed by atoms with E-state index in [1.54, 1.807) is 38.1 Å². The fraction of sp³-hybridized carbons (Fsp3) is 0.333. The van der Waals surface area contributed by atoms with E-state index in [9.17, 15) is 19.2 Å². The predicted molar refractivity (Wildman–Crippen MR) is 124 cm³/mol. The summed E-state index contributed by atoms with van der Waals surface area (Å²) in [5.41, 5.74) is 1.01. The maximum atomic E-state index is 12.6. The van der Waals surface area contributed by atoms with Gasteiger partial charge in [0.05, 0.1) is 24.2 Å². The second-order valence-electron chi connectivity index (χ2n) is 7.50. The molecule has 0 saturated heterocycles. The average molecular weight is 466 g/mol. The lowest BCUT2D eigenvalue weighted by atomic mass is 10.1. The molecular formula is C24H26N4O6. The molecule has 0 aliphatic rings. The lowest BCUT2D eigenvalue weighted by molar-refractivity contribution is -0.145. The number of rotatable bonds is 8. The molecule has 0 unspecified atom stereocenters. The minimum Gasteiger partial charge on any atom is -0.464 e. The lowest BCUT2D eigenvalue weighted by Gasteiger charge is -2.13. The highest BCUT2D eigenvalue weighted by Crippen LogP contribution is 2.23. The molecule has 2 aromatic heterocycles. The Morgan fingerprint density at radius 1 is 0.706 bits per heavy atom. The van der Waals surface area contributed by atoms with Crippen LogP contribution < -0.4 is 10.6 Å². The van der Waals surface area contributed by atoms with Crippen LogP contribution >= 0.6 is 0 Å². The number of hydrogen-bond donors (Lipinski definition) is 2. The average Bonchev–Trinajstić information content (AvgIpc) is 2.83. The quantitative estimate of drug-likeness (QED) is 0.381. The highest BCUT2D eigenvalue weighted by molar-refractivity contribution is 6.06. The third kappa shape index (κ3) is 5.45. The van der Waals surface area contributed by atoms with Crippen LogP contribution in [0.2, 0.25) is 0 Å². The largest absolute Gasteiger partial charge is 0.464 e. The molecule has 3 aromatic rings. The number of carbonyl (C=O) groups is 4. The monoisotopic (exact) mass is 466 g/mol. The van der Waals surface area contributed by atoms with E-state index in [1.807, 2.05) is 12.1 Å².